The van der Waals surface area contributed by atoms with Crippen LogP contribution in [-0.4, -0.2) is 46.3 Å². The fraction of sp³-hybridized carbons (Fsp3) is 0.588. The van der Waals surface area contributed by atoms with Crippen LogP contribution in [0.1, 0.15) is 30.4 Å². The number of aliphatic hydroxyl groups is 2. The van der Waals surface area contributed by atoms with Gasteiger partial charge in [0.25, 0.3) is 0 Å². The van der Waals surface area contributed by atoms with Crippen LogP contribution in [0.25, 0.3) is 0 Å². The van der Waals surface area contributed by atoms with Gasteiger partial charge in [0.2, 0.25) is 5.91 Å². The van der Waals surface area contributed by atoms with Crippen LogP contribution < -0.4 is 0 Å². The maximum atomic E-state index is 13.0. The third kappa shape index (κ3) is 2.91. The number of aliphatic hydroxyl groups excluding tert-OH is 2. The molecule has 1 amide bonds. The van der Waals surface area contributed by atoms with Crippen molar-refractivity contribution in [3.8, 4) is 0 Å². The van der Waals surface area contributed by atoms with Crippen LogP contribution >= 0.6 is 0 Å². The maximum Gasteiger partial charge on any atom is 0.416 e. The molecule has 0 bridgehead atoms. The van der Waals surface area contributed by atoms with E-state index >= 15 is 0 Å². The molecule has 1 aromatic rings. The monoisotopic (exact) mass is 343 g/mol. The number of halogens is 3. The second-order valence-corrected chi connectivity index (χ2v) is 6.71. The number of hydrogen-bond donors (Lipinski definition) is 2. The van der Waals surface area contributed by atoms with Crippen molar-refractivity contribution in [3.63, 3.8) is 0 Å². The zero-order valence-electron chi connectivity index (χ0n) is 13.1. The number of carbonyl (C=O) groups is 1. The van der Waals surface area contributed by atoms with Gasteiger partial charge in [-0.15, -0.1) is 0 Å². The van der Waals surface area contributed by atoms with Crippen LogP contribution in [0.2, 0.25) is 0 Å². The lowest BCUT2D eigenvalue weighted by molar-refractivity contribution is -0.191. The first kappa shape index (κ1) is 17.2. The van der Waals surface area contributed by atoms with Gasteiger partial charge in [-0.2, -0.15) is 13.2 Å². The SMILES string of the molecule is O=C(Cc1ccccc1C(F)(F)F)N1CCC2(CC1)C(O)CC2O. The highest BCUT2D eigenvalue weighted by atomic mass is 19.4. The summed E-state index contributed by atoms with van der Waals surface area (Å²) >= 11 is 0. The molecule has 0 radical (unpaired) electrons. The van der Waals surface area contributed by atoms with Crippen molar-refractivity contribution in [2.24, 2.45) is 5.41 Å². The molecule has 2 unspecified atom stereocenters. The van der Waals surface area contributed by atoms with Gasteiger partial charge in [-0.3, -0.25) is 4.79 Å². The van der Waals surface area contributed by atoms with Crippen molar-refractivity contribution in [3.05, 3.63) is 35.4 Å². The van der Waals surface area contributed by atoms with Crippen LogP contribution in [0.3, 0.4) is 0 Å². The van der Waals surface area contributed by atoms with Crippen LogP contribution in [0.4, 0.5) is 13.2 Å². The Balaban J connectivity index is 1.65. The number of carbonyl (C=O) groups excluding carboxylic acids is 1. The molecular formula is C17H20F3NO3. The number of nitrogens with zero attached hydrogens (tertiary/aromatic N) is 1. The lowest BCUT2D eigenvalue weighted by atomic mass is 9.58. The summed E-state index contributed by atoms with van der Waals surface area (Å²) in [5.41, 5.74) is -1.35. The molecular weight excluding hydrogens is 323 g/mol. The van der Waals surface area contributed by atoms with E-state index in [1.165, 1.54) is 23.1 Å². The zero-order chi connectivity index (χ0) is 17.5. The quantitative estimate of drug-likeness (QED) is 0.863. The third-order valence-corrected chi connectivity index (χ3v) is 5.49. The molecule has 3 rings (SSSR count). The zero-order valence-corrected chi connectivity index (χ0v) is 13.1. The van der Waals surface area contributed by atoms with Crippen molar-refractivity contribution in [1.29, 1.82) is 0 Å². The predicted molar refractivity (Wildman–Crippen MR) is 80.0 cm³/mol. The largest absolute Gasteiger partial charge is 0.416 e. The fourth-order valence-corrected chi connectivity index (χ4v) is 3.81. The number of hydrogen-bond acceptors (Lipinski definition) is 3. The fourth-order valence-electron chi connectivity index (χ4n) is 3.81. The number of benzene rings is 1. The van der Waals surface area contributed by atoms with E-state index in [9.17, 15) is 28.2 Å². The van der Waals surface area contributed by atoms with E-state index in [1.807, 2.05) is 0 Å². The number of rotatable bonds is 2. The topological polar surface area (TPSA) is 60.8 Å². The van der Waals surface area contributed by atoms with Gasteiger partial charge in [0.05, 0.1) is 24.2 Å². The van der Waals surface area contributed by atoms with Crippen molar-refractivity contribution >= 4 is 5.91 Å². The van der Waals surface area contributed by atoms with Crippen LogP contribution in [-0.2, 0) is 17.4 Å². The second kappa shape index (κ2) is 6.04. The van der Waals surface area contributed by atoms with Crippen molar-refractivity contribution in [1.82, 2.24) is 4.90 Å². The number of piperidine rings is 1. The maximum absolute atomic E-state index is 13.0. The molecule has 7 heteroatoms. The van der Waals surface area contributed by atoms with Gasteiger partial charge < -0.3 is 15.1 Å². The Labute approximate surface area is 137 Å². The number of likely N-dealkylation sites (tertiary alicyclic amines) is 1. The summed E-state index contributed by atoms with van der Waals surface area (Å²) in [4.78, 5) is 13.9. The molecule has 1 saturated heterocycles. The lowest BCUT2D eigenvalue weighted by Gasteiger charge is -2.55. The minimum Gasteiger partial charge on any atom is -0.392 e. The van der Waals surface area contributed by atoms with E-state index in [-0.39, 0.29) is 17.9 Å². The molecule has 4 nitrogen and oxygen atoms in total. The van der Waals surface area contributed by atoms with Crippen molar-refractivity contribution in [2.45, 2.75) is 44.1 Å². The molecule has 2 fully saturated rings. The van der Waals surface area contributed by atoms with Gasteiger partial charge in [0.15, 0.2) is 0 Å². The summed E-state index contributed by atoms with van der Waals surface area (Å²) in [6.07, 6.45) is -4.60. The van der Waals surface area contributed by atoms with E-state index < -0.39 is 29.4 Å². The standard InChI is InChI=1S/C17H20F3NO3/c18-17(19,20)12-4-2-1-3-11(12)9-15(24)21-7-5-16(6-8-21)13(22)10-14(16)23/h1-4,13-14,22-23H,5-10H2. The molecule has 1 spiro atoms. The first-order chi connectivity index (χ1) is 11.2. The molecule has 1 aromatic carbocycles. The Kier molecular flexibility index (Phi) is 4.34. The lowest BCUT2D eigenvalue weighted by Crippen LogP contribution is -2.62. The van der Waals surface area contributed by atoms with Gasteiger partial charge in [0.1, 0.15) is 0 Å². The Morgan fingerprint density at radius 2 is 1.75 bits per heavy atom. The van der Waals surface area contributed by atoms with Crippen LogP contribution in [0.15, 0.2) is 24.3 Å². The summed E-state index contributed by atoms with van der Waals surface area (Å²) in [6.45, 7) is 0.697. The summed E-state index contributed by atoms with van der Waals surface area (Å²) in [7, 11) is 0. The third-order valence-electron chi connectivity index (χ3n) is 5.49. The Morgan fingerprint density at radius 3 is 2.29 bits per heavy atom. The van der Waals surface area contributed by atoms with Gasteiger partial charge in [0, 0.05) is 24.9 Å². The Morgan fingerprint density at radius 1 is 1.17 bits per heavy atom. The van der Waals surface area contributed by atoms with E-state index in [2.05, 4.69) is 0 Å². The van der Waals surface area contributed by atoms with E-state index in [0.717, 1.165) is 6.07 Å². The summed E-state index contributed by atoms with van der Waals surface area (Å²) < 4.78 is 39.0. The highest BCUT2D eigenvalue weighted by molar-refractivity contribution is 5.79. The molecule has 1 aliphatic heterocycles. The molecule has 0 aromatic heterocycles. The average molecular weight is 343 g/mol. The van der Waals surface area contributed by atoms with Gasteiger partial charge >= 0.3 is 6.18 Å². The Bertz CT molecular complexity index is 614. The summed E-state index contributed by atoms with van der Waals surface area (Å²) in [6, 6.07) is 5.10. The normalized spacial score (nSPS) is 26.3. The van der Waals surface area contributed by atoms with Crippen molar-refractivity contribution in [2.75, 3.05) is 13.1 Å². The molecule has 132 valence electrons. The smallest absolute Gasteiger partial charge is 0.392 e. The first-order valence-electron chi connectivity index (χ1n) is 8.03. The van der Waals surface area contributed by atoms with Crippen LogP contribution in [0, 0.1) is 5.41 Å². The number of amides is 1. The van der Waals surface area contributed by atoms with E-state index in [4.69, 9.17) is 0 Å². The molecule has 2 N–H and O–H groups in total. The Hall–Kier alpha value is -1.60. The molecule has 2 atom stereocenters. The van der Waals surface area contributed by atoms with Crippen LogP contribution in [0.5, 0.6) is 0 Å². The molecule has 24 heavy (non-hydrogen) atoms. The number of alkyl halides is 3. The predicted octanol–water partition coefficient (Wildman–Crippen LogP) is 1.98. The minimum absolute atomic E-state index is 0.0287. The molecule has 1 aliphatic carbocycles. The molecule has 2 aliphatic rings. The summed E-state index contributed by atoms with van der Waals surface area (Å²) in [5.74, 6) is -0.357. The summed E-state index contributed by atoms with van der Waals surface area (Å²) in [5, 5.41) is 19.8. The minimum atomic E-state index is -4.48. The molecule has 1 heterocycles. The highest BCUT2D eigenvalue weighted by Crippen LogP contribution is 2.49. The van der Waals surface area contributed by atoms with E-state index in [0.29, 0.717) is 32.4 Å². The average Bonchev–Trinajstić information content (AvgIpc) is 2.54. The van der Waals surface area contributed by atoms with Gasteiger partial charge in [-0.1, -0.05) is 18.2 Å². The second-order valence-electron chi connectivity index (χ2n) is 6.71. The highest BCUT2D eigenvalue weighted by Gasteiger charge is 2.55. The van der Waals surface area contributed by atoms with Gasteiger partial charge in [-0.05, 0) is 24.5 Å². The van der Waals surface area contributed by atoms with Gasteiger partial charge in [-0.25, -0.2) is 0 Å². The van der Waals surface area contributed by atoms with E-state index in [1.54, 1.807) is 0 Å². The van der Waals surface area contributed by atoms with Crippen molar-refractivity contribution < 1.29 is 28.2 Å². The molecule has 1 saturated carbocycles. The first-order valence-corrected chi connectivity index (χ1v) is 8.03.